The van der Waals surface area contributed by atoms with Crippen LogP contribution in [0.4, 0.5) is 5.69 Å². The summed E-state index contributed by atoms with van der Waals surface area (Å²) in [7, 11) is 0. The van der Waals surface area contributed by atoms with Gasteiger partial charge in [-0.25, -0.2) is 0 Å². The van der Waals surface area contributed by atoms with Gasteiger partial charge in [0.1, 0.15) is 0 Å². The molecule has 0 aliphatic rings. The van der Waals surface area contributed by atoms with Crippen molar-refractivity contribution in [3.8, 4) is 0 Å². The Labute approximate surface area is 166 Å². The molecule has 0 aliphatic carbocycles. The normalized spacial score (nSPS) is 9.03. The molecule has 166 valence electrons. The van der Waals surface area contributed by atoms with Crippen molar-refractivity contribution < 1.29 is 44.5 Å². The maximum absolute atomic E-state index is 10.3. The van der Waals surface area contributed by atoms with E-state index in [-0.39, 0.29) is 11.7 Å². The van der Waals surface area contributed by atoms with Crippen molar-refractivity contribution in [2.75, 3.05) is 6.54 Å². The molecule has 0 spiro atoms. The number of rotatable bonds is 3. The summed E-state index contributed by atoms with van der Waals surface area (Å²) in [5.74, 6) is -3.33. The van der Waals surface area contributed by atoms with E-state index < -0.39 is 28.8 Å². The zero-order valence-electron chi connectivity index (χ0n) is 16.4. The molecular formula is C16H27N3O10. The smallest absolute Gasteiger partial charge is 0.300 e. The Morgan fingerprint density at radius 3 is 1.28 bits per heavy atom. The molecule has 0 aliphatic heterocycles. The molecule has 0 fully saturated rings. The number of carboxylic acid groups (broad SMARTS) is 4. The van der Waals surface area contributed by atoms with Crippen LogP contribution in [0.3, 0.4) is 0 Å². The number of nitro groups is 1. The van der Waals surface area contributed by atoms with Gasteiger partial charge in [0, 0.05) is 52.4 Å². The molecule has 1 aromatic carbocycles. The van der Waals surface area contributed by atoms with E-state index in [1.54, 1.807) is 12.1 Å². The molecule has 0 heterocycles. The van der Waals surface area contributed by atoms with Gasteiger partial charge in [0.15, 0.2) is 0 Å². The fraction of sp³-hybridized carbons (Fsp3) is 0.375. The Hall–Kier alpha value is -3.58. The van der Waals surface area contributed by atoms with E-state index in [0.717, 1.165) is 33.3 Å². The number of nitro benzene ring substituents is 1. The largest absolute Gasteiger partial charge is 0.481 e. The van der Waals surface area contributed by atoms with Gasteiger partial charge in [-0.05, 0) is 5.56 Å². The number of carboxylic acids is 4. The Bertz CT molecular complexity index is 568. The SMILES string of the molecule is CC(=O)O.CC(=O)O.CC(=O)O.CC(=O)O.NCC(N)c1ccc([N+](=O)[O-])cc1. The fourth-order valence-corrected chi connectivity index (χ4v) is 0.979. The summed E-state index contributed by atoms with van der Waals surface area (Å²) in [4.78, 5) is 45.9. The second-order valence-electron chi connectivity index (χ2n) is 4.77. The molecule has 0 radical (unpaired) electrons. The molecule has 0 saturated carbocycles. The van der Waals surface area contributed by atoms with Crippen LogP contribution in [0.2, 0.25) is 0 Å². The van der Waals surface area contributed by atoms with Crippen LogP contribution in [0.5, 0.6) is 0 Å². The first-order valence-electron chi connectivity index (χ1n) is 7.56. The van der Waals surface area contributed by atoms with Gasteiger partial charge >= 0.3 is 0 Å². The number of aliphatic carboxylic acids is 4. The van der Waals surface area contributed by atoms with Crippen LogP contribution >= 0.6 is 0 Å². The number of nitrogens with two attached hydrogens (primary N) is 2. The molecule has 1 rings (SSSR count). The maximum atomic E-state index is 10.3. The van der Waals surface area contributed by atoms with E-state index in [9.17, 15) is 10.1 Å². The van der Waals surface area contributed by atoms with E-state index in [2.05, 4.69) is 0 Å². The molecule has 0 amide bonds. The molecule has 8 N–H and O–H groups in total. The predicted octanol–water partition coefficient (Wildman–Crippen LogP) is 0.917. The van der Waals surface area contributed by atoms with Crippen LogP contribution in [-0.2, 0) is 19.2 Å². The average molecular weight is 421 g/mol. The Morgan fingerprint density at radius 2 is 1.10 bits per heavy atom. The lowest BCUT2D eigenvalue weighted by molar-refractivity contribution is -0.384. The van der Waals surface area contributed by atoms with Crippen LogP contribution in [0, 0.1) is 10.1 Å². The van der Waals surface area contributed by atoms with Crippen molar-refractivity contribution in [3.05, 3.63) is 39.9 Å². The summed E-state index contributed by atoms with van der Waals surface area (Å²) < 4.78 is 0. The van der Waals surface area contributed by atoms with E-state index in [0.29, 0.717) is 6.54 Å². The molecular weight excluding hydrogens is 394 g/mol. The first-order chi connectivity index (χ1) is 13.1. The standard InChI is InChI=1S/C8H11N3O2.4C2H4O2/c9-5-8(10)6-1-3-7(4-2-6)11(12)13;4*1-2(3)4/h1-4,8H,5,9-10H2;4*1H3,(H,3,4). The molecule has 1 atom stereocenters. The molecule has 13 nitrogen and oxygen atoms in total. The summed E-state index contributed by atoms with van der Waals surface area (Å²) in [6, 6.07) is 5.84. The van der Waals surface area contributed by atoms with Crippen molar-refractivity contribution in [1.82, 2.24) is 0 Å². The van der Waals surface area contributed by atoms with E-state index in [1.807, 2.05) is 0 Å². The lowest BCUT2D eigenvalue weighted by Gasteiger charge is -2.07. The third kappa shape index (κ3) is 45.5. The number of hydrogen-bond donors (Lipinski definition) is 6. The van der Waals surface area contributed by atoms with Crippen molar-refractivity contribution in [2.45, 2.75) is 33.7 Å². The van der Waals surface area contributed by atoms with Crippen molar-refractivity contribution in [2.24, 2.45) is 11.5 Å². The second kappa shape index (κ2) is 20.7. The quantitative estimate of drug-likeness (QED) is 0.294. The van der Waals surface area contributed by atoms with E-state index >= 15 is 0 Å². The monoisotopic (exact) mass is 421 g/mol. The molecule has 13 heteroatoms. The first-order valence-corrected chi connectivity index (χ1v) is 7.56. The topological polar surface area (TPSA) is 244 Å². The summed E-state index contributed by atoms with van der Waals surface area (Å²) in [6.45, 7) is 4.66. The highest BCUT2D eigenvalue weighted by Crippen LogP contribution is 2.15. The van der Waals surface area contributed by atoms with Gasteiger partial charge in [-0.1, -0.05) is 12.1 Å². The average Bonchev–Trinajstić information content (AvgIpc) is 2.52. The highest BCUT2D eigenvalue weighted by molar-refractivity contribution is 5.63. The number of carbonyl (C=O) groups is 4. The third-order valence-electron chi connectivity index (χ3n) is 1.79. The van der Waals surface area contributed by atoms with Gasteiger partial charge in [0.2, 0.25) is 0 Å². The molecule has 0 bridgehead atoms. The zero-order valence-corrected chi connectivity index (χ0v) is 16.4. The van der Waals surface area contributed by atoms with Crippen LogP contribution < -0.4 is 11.5 Å². The van der Waals surface area contributed by atoms with Gasteiger partial charge in [0.05, 0.1) is 4.92 Å². The molecule has 1 aromatic rings. The van der Waals surface area contributed by atoms with Crippen LogP contribution in [-0.4, -0.2) is 55.8 Å². The van der Waals surface area contributed by atoms with Crippen LogP contribution in [0.15, 0.2) is 24.3 Å². The fourth-order valence-electron chi connectivity index (χ4n) is 0.979. The van der Waals surface area contributed by atoms with Crippen LogP contribution in [0.1, 0.15) is 39.3 Å². The Morgan fingerprint density at radius 1 is 0.862 bits per heavy atom. The van der Waals surface area contributed by atoms with E-state index in [4.69, 9.17) is 51.1 Å². The number of non-ortho nitro benzene ring substituents is 1. The van der Waals surface area contributed by atoms with Gasteiger partial charge in [-0.2, -0.15) is 0 Å². The minimum atomic E-state index is -0.833. The van der Waals surface area contributed by atoms with Crippen molar-refractivity contribution >= 4 is 29.6 Å². The second-order valence-corrected chi connectivity index (χ2v) is 4.77. The third-order valence-corrected chi connectivity index (χ3v) is 1.79. The predicted molar refractivity (Wildman–Crippen MR) is 102 cm³/mol. The highest BCUT2D eigenvalue weighted by Gasteiger charge is 2.07. The molecule has 0 aromatic heterocycles. The lowest BCUT2D eigenvalue weighted by Crippen LogP contribution is -2.20. The van der Waals surface area contributed by atoms with Gasteiger partial charge in [-0.15, -0.1) is 0 Å². The van der Waals surface area contributed by atoms with Crippen LogP contribution in [0.25, 0.3) is 0 Å². The van der Waals surface area contributed by atoms with Gasteiger partial charge in [-0.3, -0.25) is 29.3 Å². The Balaban J connectivity index is -0.000000162. The Kier molecular flexibility index (Phi) is 23.6. The van der Waals surface area contributed by atoms with Crippen molar-refractivity contribution in [3.63, 3.8) is 0 Å². The van der Waals surface area contributed by atoms with Gasteiger partial charge in [0.25, 0.3) is 29.6 Å². The van der Waals surface area contributed by atoms with Gasteiger partial charge < -0.3 is 31.9 Å². The molecule has 29 heavy (non-hydrogen) atoms. The first kappa shape index (κ1) is 33.0. The summed E-state index contributed by atoms with van der Waals surface area (Å²) in [5, 5.41) is 40.0. The number of benzene rings is 1. The molecule has 0 saturated heterocycles. The summed E-state index contributed by atoms with van der Waals surface area (Å²) >= 11 is 0. The minimum absolute atomic E-state index is 0.0629. The minimum Gasteiger partial charge on any atom is -0.481 e. The number of hydrogen-bond acceptors (Lipinski definition) is 8. The zero-order chi connectivity index (χ0) is 24.2. The highest BCUT2D eigenvalue weighted by atomic mass is 16.6. The summed E-state index contributed by atoms with van der Waals surface area (Å²) in [6.07, 6.45) is 0. The summed E-state index contributed by atoms with van der Waals surface area (Å²) in [5.41, 5.74) is 11.8. The maximum Gasteiger partial charge on any atom is 0.300 e. The lowest BCUT2D eigenvalue weighted by atomic mass is 10.1. The molecule has 1 unspecified atom stereocenters. The van der Waals surface area contributed by atoms with E-state index in [1.165, 1.54) is 12.1 Å². The number of nitrogens with zero attached hydrogens (tertiary/aromatic N) is 1. The van der Waals surface area contributed by atoms with Crippen molar-refractivity contribution in [1.29, 1.82) is 0 Å².